The average Bonchev–Trinajstić information content (AvgIpc) is 2.16. The van der Waals surface area contributed by atoms with Crippen LogP contribution in [0.3, 0.4) is 0 Å². The highest BCUT2D eigenvalue weighted by molar-refractivity contribution is 5.74. The van der Waals surface area contributed by atoms with Gasteiger partial charge in [-0.1, -0.05) is 13.0 Å². The van der Waals surface area contributed by atoms with Crippen LogP contribution >= 0.6 is 0 Å². The lowest BCUT2D eigenvalue weighted by molar-refractivity contribution is 0.111. The second-order valence-electron chi connectivity index (χ2n) is 2.37. The fraction of sp³-hybridized carbons (Fsp3) is 0.333. The Kier molecular flexibility index (Phi) is 2.80. The summed E-state index contributed by atoms with van der Waals surface area (Å²) in [6.45, 7) is 1.98. The number of hydrogen-bond donors (Lipinski definition) is 0. The van der Waals surface area contributed by atoms with Crippen LogP contribution in [0, 0.1) is 0 Å². The predicted molar refractivity (Wildman–Crippen MR) is 45.6 cm³/mol. The first-order valence-corrected chi connectivity index (χ1v) is 3.81. The largest absolute Gasteiger partial charge is 0.481 e. The maximum absolute atomic E-state index is 10.5. The van der Waals surface area contributed by atoms with E-state index in [4.69, 9.17) is 4.74 Å². The number of aromatic nitrogens is 1. The lowest BCUT2D eigenvalue weighted by Crippen LogP contribution is -1.97. The molecule has 0 saturated carbocycles. The van der Waals surface area contributed by atoms with Crippen molar-refractivity contribution in [3.8, 4) is 5.88 Å². The number of pyridine rings is 1. The Labute approximate surface area is 71.4 Å². The maximum atomic E-state index is 10.5. The fourth-order valence-electron chi connectivity index (χ4n) is 1.000. The van der Waals surface area contributed by atoms with Gasteiger partial charge in [-0.3, -0.25) is 4.79 Å². The summed E-state index contributed by atoms with van der Waals surface area (Å²) in [6, 6.07) is 3.61. The minimum atomic E-state index is 0.469. The number of carbonyl (C=O) groups excluding carboxylic acids is 1. The van der Waals surface area contributed by atoms with Gasteiger partial charge in [0.1, 0.15) is 5.69 Å². The molecule has 1 aromatic heterocycles. The van der Waals surface area contributed by atoms with Crippen LogP contribution in [-0.4, -0.2) is 18.4 Å². The molecule has 1 rings (SSSR count). The van der Waals surface area contributed by atoms with Crippen molar-refractivity contribution < 1.29 is 9.53 Å². The van der Waals surface area contributed by atoms with Crippen molar-refractivity contribution in [1.29, 1.82) is 0 Å². The number of carbonyl (C=O) groups is 1. The summed E-state index contributed by atoms with van der Waals surface area (Å²) in [6.07, 6.45) is 1.56. The molecule has 0 N–H and O–H groups in total. The Morgan fingerprint density at radius 3 is 2.83 bits per heavy atom. The molecule has 0 atom stereocenters. The van der Waals surface area contributed by atoms with Gasteiger partial charge in [0.25, 0.3) is 0 Å². The summed E-state index contributed by atoms with van der Waals surface area (Å²) in [7, 11) is 1.53. The van der Waals surface area contributed by atoms with Crippen molar-refractivity contribution in [2.75, 3.05) is 7.11 Å². The van der Waals surface area contributed by atoms with E-state index in [2.05, 4.69) is 4.98 Å². The first-order valence-electron chi connectivity index (χ1n) is 3.81. The van der Waals surface area contributed by atoms with Crippen molar-refractivity contribution in [3.63, 3.8) is 0 Å². The number of aldehydes is 1. The smallest absolute Gasteiger partial charge is 0.213 e. The first-order chi connectivity index (χ1) is 5.81. The molecule has 0 aliphatic carbocycles. The van der Waals surface area contributed by atoms with E-state index < -0.39 is 0 Å². The third kappa shape index (κ3) is 1.61. The van der Waals surface area contributed by atoms with E-state index in [-0.39, 0.29) is 0 Å². The molecule has 0 spiro atoms. The highest BCUT2D eigenvalue weighted by Crippen LogP contribution is 2.11. The highest BCUT2D eigenvalue weighted by Gasteiger charge is 2.02. The molecule has 3 heteroatoms. The molecule has 12 heavy (non-hydrogen) atoms. The highest BCUT2D eigenvalue weighted by atomic mass is 16.5. The standard InChI is InChI=1S/C9H11NO2/c1-3-7-4-5-9(12-2)10-8(7)6-11/h4-6H,3H2,1-2H3. The molecular weight excluding hydrogens is 154 g/mol. The van der Waals surface area contributed by atoms with Crippen LogP contribution in [0.4, 0.5) is 0 Å². The monoisotopic (exact) mass is 165 g/mol. The van der Waals surface area contributed by atoms with Gasteiger partial charge in [0.05, 0.1) is 7.11 Å². The van der Waals surface area contributed by atoms with Crippen LogP contribution < -0.4 is 4.74 Å². The van der Waals surface area contributed by atoms with E-state index in [1.165, 1.54) is 7.11 Å². The van der Waals surface area contributed by atoms with Crippen LogP contribution in [0.25, 0.3) is 0 Å². The quantitative estimate of drug-likeness (QED) is 0.636. The molecule has 0 radical (unpaired) electrons. The van der Waals surface area contributed by atoms with Crippen LogP contribution in [-0.2, 0) is 6.42 Å². The van der Waals surface area contributed by atoms with Gasteiger partial charge in [0.2, 0.25) is 5.88 Å². The van der Waals surface area contributed by atoms with E-state index in [1.807, 2.05) is 13.0 Å². The van der Waals surface area contributed by atoms with Crippen molar-refractivity contribution in [2.24, 2.45) is 0 Å². The Bertz CT molecular complexity index is 284. The van der Waals surface area contributed by atoms with Gasteiger partial charge in [-0.25, -0.2) is 4.98 Å². The summed E-state index contributed by atoms with van der Waals surface area (Å²) in [4.78, 5) is 14.5. The van der Waals surface area contributed by atoms with E-state index in [9.17, 15) is 4.79 Å². The molecule has 0 aromatic carbocycles. The summed E-state index contributed by atoms with van der Waals surface area (Å²) in [5.41, 5.74) is 1.42. The number of hydrogen-bond acceptors (Lipinski definition) is 3. The fourth-order valence-corrected chi connectivity index (χ4v) is 1.000. The molecule has 0 amide bonds. The van der Waals surface area contributed by atoms with Crippen molar-refractivity contribution in [1.82, 2.24) is 4.98 Å². The van der Waals surface area contributed by atoms with Gasteiger partial charge in [-0.15, -0.1) is 0 Å². The van der Waals surface area contributed by atoms with Crippen molar-refractivity contribution >= 4 is 6.29 Å². The zero-order chi connectivity index (χ0) is 8.97. The lowest BCUT2D eigenvalue weighted by atomic mass is 10.1. The van der Waals surface area contributed by atoms with Gasteiger partial charge in [-0.05, 0) is 12.0 Å². The molecule has 1 aromatic rings. The Morgan fingerprint density at radius 1 is 1.58 bits per heavy atom. The van der Waals surface area contributed by atoms with Crippen LogP contribution in [0.1, 0.15) is 23.0 Å². The zero-order valence-corrected chi connectivity index (χ0v) is 7.20. The van der Waals surface area contributed by atoms with Gasteiger partial charge in [0, 0.05) is 6.07 Å². The summed E-state index contributed by atoms with van der Waals surface area (Å²) < 4.78 is 4.89. The Balaban J connectivity index is 3.10. The minimum Gasteiger partial charge on any atom is -0.481 e. The number of aryl methyl sites for hydroxylation is 1. The third-order valence-electron chi connectivity index (χ3n) is 1.69. The number of nitrogens with zero attached hydrogens (tertiary/aromatic N) is 1. The van der Waals surface area contributed by atoms with E-state index >= 15 is 0 Å². The third-order valence-corrected chi connectivity index (χ3v) is 1.69. The van der Waals surface area contributed by atoms with Crippen LogP contribution in [0.15, 0.2) is 12.1 Å². The second kappa shape index (κ2) is 3.85. The molecular formula is C9H11NO2. The number of rotatable bonds is 3. The second-order valence-corrected chi connectivity index (χ2v) is 2.37. The predicted octanol–water partition coefficient (Wildman–Crippen LogP) is 1.47. The zero-order valence-electron chi connectivity index (χ0n) is 7.20. The Hall–Kier alpha value is -1.38. The lowest BCUT2D eigenvalue weighted by Gasteiger charge is -2.02. The summed E-state index contributed by atoms with van der Waals surface area (Å²) in [5.74, 6) is 0.481. The van der Waals surface area contributed by atoms with Gasteiger partial charge in [-0.2, -0.15) is 0 Å². The molecule has 0 aliphatic rings. The molecule has 1 heterocycles. The summed E-state index contributed by atoms with van der Waals surface area (Å²) in [5, 5.41) is 0. The average molecular weight is 165 g/mol. The molecule has 0 unspecified atom stereocenters. The SMILES string of the molecule is CCc1ccc(OC)nc1C=O. The molecule has 0 saturated heterocycles. The molecule has 0 aliphatic heterocycles. The molecule has 0 bridgehead atoms. The van der Waals surface area contributed by atoms with Crippen molar-refractivity contribution in [3.05, 3.63) is 23.4 Å². The number of methoxy groups -OCH3 is 1. The van der Waals surface area contributed by atoms with Gasteiger partial charge < -0.3 is 4.74 Å². The van der Waals surface area contributed by atoms with Crippen LogP contribution in [0.2, 0.25) is 0 Å². The Morgan fingerprint density at radius 2 is 2.33 bits per heavy atom. The van der Waals surface area contributed by atoms with Crippen LogP contribution in [0.5, 0.6) is 5.88 Å². The van der Waals surface area contributed by atoms with Crippen molar-refractivity contribution in [2.45, 2.75) is 13.3 Å². The minimum absolute atomic E-state index is 0.469. The van der Waals surface area contributed by atoms with Gasteiger partial charge in [0.15, 0.2) is 6.29 Å². The first kappa shape index (κ1) is 8.71. The van der Waals surface area contributed by atoms with E-state index in [0.29, 0.717) is 11.6 Å². The summed E-state index contributed by atoms with van der Waals surface area (Å²) >= 11 is 0. The normalized spacial score (nSPS) is 9.50. The molecule has 64 valence electrons. The number of ether oxygens (including phenoxy) is 1. The maximum Gasteiger partial charge on any atom is 0.213 e. The van der Waals surface area contributed by atoms with Gasteiger partial charge >= 0.3 is 0 Å². The molecule has 3 nitrogen and oxygen atoms in total. The van der Waals surface area contributed by atoms with E-state index in [1.54, 1.807) is 6.07 Å². The topological polar surface area (TPSA) is 39.2 Å². The molecule has 0 fully saturated rings. The van der Waals surface area contributed by atoms with E-state index in [0.717, 1.165) is 18.3 Å².